The van der Waals surface area contributed by atoms with Crippen LogP contribution in [0.15, 0.2) is 24.3 Å². The molecule has 0 N–H and O–H groups in total. The molecule has 1 amide bonds. The third kappa shape index (κ3) is 4.36. The molecular formula is C23H34N2O3. The molecule has 154 valence electrons. The summed E-state index contributed by atoms with van der Waals surface area (Å²) in [4.78, 5) is 17.4. The number of carbonyl (C=O) groups is 1. The minimum Gasteiger partial charge on any atom is -0.492 e. The lowest BCUT2D eigenvalue weighted by molar-refractivity contribution is -0.132. The van der Waals surface area contributed by atoms with Crippen molar-refractivity contribution in [1.82, 2.24) is 9.80 Å². The molecule has 0 radical (unpaired) electrons. The average molecular weight is 387 g/mol. The summed E-state index contributed by atoms with van der Waals surface area (Å²) in [5.74, 6) is 1.41. The van der Waals surface area contributed by atoms with Gasteiger partial charge >= 0.3 is 0 Å². The van der Waals surface area contributed by atoms with Gasteiger partial charge in [0.2, 0.25) is 5.91 Å². The van der Waals surface area contributed by atoms with Gasteiger partial charge in [-0.3, -0.25) is 4.79 Å². The van der Waals surface area contributed by atoms with Crippen LogP contribution in [0.25, 0.3) is 0 Å². The number of ether oxygens (including phenoxy) is 2. The Morgan fingerprint density at radius 3 is 2.57 bits per heavy atom. The molecule has 3 fully saturated rings. The number of aryl methyl sites for hydroxylation is 1. The van der Waals surface area contributed by atoms with Gasteiger partial charge in [0.05, 0.1) is 6.54 Å². The van der Waals surface area contributed by atoms with Gasteiger partial charge in [-0.1, -0.05) is 17.7 Å². The van der Waals surface area contributed by atoms with Crippen LogP contribution in [0.3, 0.4) is 0 Å². The van der Waals surface area contributed by atoms with Crippen LogP contribution in [0.4, 0.5) is 0 Å². The SMILES string of the molecule is Cc1ccc(OCCN(C)C(=O)C2CC23CCN(C2CCOCC2)CC3)cc1. The van der Waals surface area contributed by atoms with E-state index >= 15 is 0 Å². The molecule has 2 saturated heterocycles. The molecule has 5 nitrogen and oxygen atoms in total. The van der Waals surface area contributed by atoms with E-state index < -0.39 is 0 Å². The Bertz CT molecular complexity index is 661. The third-order valence-corrected chi connectivity index (χ3v) is 7.08. The maximum absolute atomic E-state index is 12.9. The Kier molecular flexibility index (Phi) is 5.93. The fourth-order valence-corrected chi connectivity index (χ4v) is 4.95. The number of likely N-dealkylation sites (N-methyl/N-ethyl adjacent to an activating group) is 1. The largest absolute Gasteiger partial charge is 0.492 e. The Morgan fingerprint density at radius 1 is 1.21 bits per heavy atom. The molecule has 1 aliphatic carbocycles. The molecule has 4 rings (SSSR count). The zero-order chi connectivity index (χ0) is 19.6. The lowest BCUT2D eigenvalue weighted by Gasteiger charge is -2.40. The summed E-state index contributed by atoms with van der Waals surface area (Å²) in [5.41, 5.74) is 1.51. The van der Waals surface area contributed by atoms with Gasteiger partial charge < -0.3 is 19.3 Å². The smallest absolute Gasteiger partial charge is 0.226 e. The molecule has 2 aliphatic heterocycles. The molecule has 1 aromatic rings. The summed E-state index contributed by atoms with van der Waals surface area (Å²) in [6, 6.07) is 8.76. The molecular weight excluding hydrogens is 352 g/mol. The maximum atomic E-state index is 12.9. The first-order chi connectivity index (χ1) is 13.6. The number of likely N-dealkylation sites (tertiary alicyclic amines) is 1. The van der Waals surface area contributed by atoms with Crippen molar-refractivity contribution in [1.29, 1.82) is 0 Å². The Balaban J connectivity index is 1.20. The second-order valence-electron chi connectivity index (χ2n) is 8.92. The van der Waals surface area contributed by atoms with Crippen LogP contribution in [0.1, 0.15) is 37.7 Å². The Labute approximate surface area is 169 Å². The van der Waals surface area contributed by atoms with E-state index in [1.807, 2.05) is 36.2 Å². The first-order valence-corrected chi connectivity index (χ1v) is 10.8. The molecule has 1 spiro atoms. The summed E-state index contributed by atoms with van der Waals surface area (Å²) >= 11 is 0. The van der Waals surface area contributed by atoms with Crippen molar-refractivity contribution in [2.75, 3.05) is 46.5 Å². The van der Waals surface area contributed by atoms with E-state index in [-0.39, 0.29) is 11.3 Å². The monoisotopic (exact) mass is 386 g/mol. The summed E-state index contributed by atoms with van der Waals surface area (Å²) in [5, 5.41) is 0. The number of piperidine rings is 1. The number of hydrogen-bond acceptors (Lipinski definition) is 4. The van der Waals surface area contributed by atoms with Crippen LogP contribution in [-0.4, -0.2) is 68.3 Å². The van der Waals surface area contributed by atoms with Gasteiger partial charge in [0.25, 0.3) is 0 Å². The number of nitrogens with zero attached hydrogens (tertiary/aromatic N) is 2. The van der Waals surface area contributed by atoms with E-state index in [0.29, 0.717) is 25.1 Å². The van der Waals surface area contributed by atoms with Crippen molar-refractivity contribution in [2.24, 2.45) is 11.3 Å². The maximum Gasteiger partial charge on any atom is 0.226 e. The molecule has 0 bridgehead atoms. The van der Waals surface area contributed by atoms with Crippen molar-refractivity contribution in [3.8, 4) is 5.75 Å². The van der Waals surface area contributed by atoms with Gasteiger partial charge in [0.1, 0.15) is 12.4 Å². The fraction of sp³-hybridized carbons (Fsp3) is 0.696. The van der Waals surface area contributed by atoms with Crippen molar-refractivity contribution in [3.63, 3.8) is 0 Å². The van der Waals surface area contributed by atoms with Crippen molar-refractivity contribution in [2.45, 2.75) is 45.1 Å². The van der Waals surface area contributed by atoms with Gasteiger partial charge in [-0.05, 0) is 69.7 Å². The second kappa shape index (κ2) is 8.42. The zero-order valence-corrected chi connectivity index (χ0v) is 17.4. The average Bonchev–Trinajstić information content (AvgIpc) is 3.43. The number of hydrogen-bond donors (Lipinski definition) is 0. The first kappa shape index (κ1) is 19.7. The fourth-order valence-electron chi connectivity index (χ4n) is 4.95. The minimum absolute atomic E-state index is 0.230. The van der Waals surface area contributed by atoms with E-state index in [4.69, 9.17) is 9.47 Å². The summed E-state index contributed by atoms with van der Waals surface area (Å²) in [6.45, 7) is 7.36. The zero-order valence-electron chi connectivity index (χ0n) is 17.4. The van der Waals surface area contributed by atoms with Gasteiger partial charge in [-0.15, -0.1) is 0 Å². The third-order valence-electron chi connectivity index (χ3n) is 7.08. The molecule has 5 heteroatoms. The predicted octanol–water partition coefficient (Wildman–Crippen LogP) is 3.11. The molecule has 28 heavy (non-hydrogen) atoms. The highest BCUT2D eigenvalue weighted by atomic mass is 16.5. The van der Waals surface area contributed by atoms with Gasteiger partial charge in [-0.2, -0.15) is 0 Å². The van der Waals surface area contributed by atoms with Crippen LogP contribution in [0.2, 0.25) is 0 Å². The van der Waals surface area contributed by atoms with E-state index in [9.17, 15) is 4.79 Å². The molecule has 3 aliphatic rings. The van der Waals surface area contributed by atoms with E-state index in [1.165, 1.54) is 31.2 Å². The number of amides is 1. The Morgan fingerprint density at radius 2 is 1.89 bits per heavy atom. The standard InChI is InChI=1S/C23H34N2O3/c1-18-3-5-20(6-4-18)28-16-13-24(2)22(26)21-17-23(21)9-11-25(12-10-23)19-7-14-27-15-8-19/h3-6,19,21H,7-17H2,1-2H3. The van der Waals surface area contributed by atoms with Gasteiger partial charge in [0.15, 0.2) is 0 Å². The topological polar surface area (TPSA) is 42.0 Å². The van der Waals surface area contributed by atoms with Gasteiger partial charge in [0, 0.05) is 32.2 Å². The summed E-state index contributed by atoms with van der Waals surface area (Å²) in [6.07, 6.45) is 5.76. The van der Waals surface area contributed by atoms with Crippen LogP contribution in [0, 0.1) is 18.3 Å². The molecule has 1 unspecified atom stereocenters. The highest BCUT2D eigenvalue weighted by Crippen LogP contribution is 2.60. The first-order valence-electron chi connectivity index (χ1n) is 10.8. The number of rotatable bonds is 6. The highest BCUT2D eigenvalue weighted by Gasteiger charge is 2.59. The number of carbonyl (C=O) groups excluding carboxylic acids is 1. The highest BCUT2D eigenvalue weighted by molar-refractivity contribution is 5.82. The lowest BCUT2D eigenvalue weighted by Crippen LogP contribution is -2.45. The lowest BCUT2D eigenvalue weighted by atomic mass is 9.89. The molecule has 1 atom stereocenters. The van der Waals surface area contributed by atoms with Crippen LogP contribution >= 0.6 is 0 Å². The van der Waals surface area contributed by atoms with Gasteiger partial charge in [-0.25, -0.2) is 0 Å². The molecule has 1 saturated carbocycles. The Hall–Kier alpha value is -1.59. The quantitative estimate of drug-likeness (QED) is 0.753. The van der Waals surface area contributed by atoms with E-state index in [1.54, 1.807) is 0 Å². The van der Waals surface area contributed by atoms with E-state index in [0.717, 1.165) is 38.5 Å². The van der Waals surface area contributed by atoms with Crippen molar-refractivity contribution >= 4 is 5.91 Å². The van der Waals surface area contributed by atoms with Crippen LogP contribution in [-0.2, 0) is 9.53 Å². The summed E-state index contributed by atoms with van der Waals surface area (Å²) < 4.78 is 11.3. The van der Waals surface area contributed by atoms with Crippen LogP contribution < -0.4 is 4.74 Å². The van der Waals surface area contributed by atoms with Crippen molar-refractivity contribution < 1.29 is 14.3 Å². The normalized spacial score (nSPS) is 24.9. The molecule has 0 aromatic heterocycles. The second-order valence-corrected chi connectivity index (χ2v) is 8.92. The number of benzene rings is 1. The van der Waals surface area contributed by atoms with E-state index in [2.05, 4.69) is 11.8 Å². The molecule has 1 aromatic carbocycles. The predicted molar refractivity (Wildman–Crippen MR) is 109 cm³/mol. The minimum atomic E-state index is 0.230. The summed E-state index contributed by atoms with van der Waals surface area (Å²) in [7, 11) is 1.92. The molecule has 2 heterocycles. The van der Waals surface area contributed by atoms with Crippen LogP contribution in [0.5, 0.6) is 5.75 Å². The van der Waals surface area contributed by atoms with Crippen molar-refractivity contribution in [3.05, 3.63) is 29.8 Å².